The van der Waals surface area contributed by atoms with E-state index >= 15 is 0 Å². The van der Waals surface area contributed by atoms with Crippen molar-refractivity contribution in [2.24, 2.45) is 0 Å². The van der Waals surface area contributed by atoms with Crippen molar-refractivity contribution >= 4 is 15.9 Å². The molecule has 1 atom stereocenters. The van der Waals surface area contributed by atoms with Crippen molar-refractivity contribution < 1.29 is 0 Å². The fourth-order valence-electron chi connectivity index (χ4n) is 2.63. The maximum absolute atomic E-state index is 4.28. The molecule has 4 heterocycles. The summed E-state index contributed by atoms with van der Waals surface area (Å²) in [6.45, 7) is 0.755. The predicted octanol–water partition coefficient (Wildman–Crippen LogP) is 1.88. The number of rotatable bonds is 3. The molecule has 0 saturated carbocycles. The second-order valence-corrected chi connectivity index (χ2v) is 5.95. The lowest BCUT2D eigenvalue weighted by Gasteiger charge is -2.10. The molecule has 0 fully saturated rings. The number of pyridine rings is 1. The molecule has 0 bridgehead atoms. The number of hydrogen-bond donors (Lipinski definition) is 0. The number of fused-ring (bicyclic) bond motifs is 1. The maximum Gasteiger partial charge on any atom is 0.138 e. The van der Waals surface area contributed by atoms with E-state index in [1.807, 2.05) is 21.6 Å². The van der Waals surface area contributed by atoms with E-state index < -0.39 is 0 Å². The van der Waals surface area contributed by atoms with Crippen LogP contribution in [0, 0.1) is 0 Å². The van der Waals surface area contributed by atoms with E-state index in [4.69, 9.17) is 0 Å². The Hall–Kier alpha value is -2.09. The Bertz CT molecular complexity index is 778. The van der Waals surface area contributed by atoms with E-state index in [1.165, 1.54) is 0 Å². The Labute approximate surface area is 129 Å². The average Bonchev–Trinajstić information content (AvgIpc) is 3.18. The number of halogens is 1. The monoisotopic (exact) mass is 345 g/mol. The van der Waals surface area contributed by atoms with Gasteiger partial charge in [0.05, 0.1) is 18.8 Å². The smallest absolute Gasteiger partial charge is 0.138 e. The van der Waals surface area contributed by atoms with Crippen molar-refractivity contribution in [2.45, 2.75) is 25.4 Å². The fourth-order valence-corrected chi connectivity index (χ4v) is 3.00. The first-order valence-electron chi connectivity index (χ1n) is 6.69. The van der Waals surface area contributed by atoms with Gasteiger partial charge in [0.15, 0.2) is 0 Å². The summed E-state index contributed by atoms with van der Waals surface area (Å²) in [4.78, 5) is 8.39. The van der Waals surface area contributed by atoms with Crippen molar-refractivity contribution in [1.29, 1.82) is 0 Å². The van der Waals surface area contributed by atoms with Crippen LogP contribution >= 0.6 is 15.9 Å². The Morgan fingerprint density at radius 3 is 3.19 bits per heavy atom. The van der Waals surface area contributed by atoms with Crippen LogP contribution in [0.4, 0.5) is 0 Å². The average molecular weight is 346 g/mol. The molecule has 3 aromatic rings. The first-order valence-corrected chi connectivity index (χ1v) is 7.48. The largest absolute Gasteiger partial charge is 0.263 e. The molecule has 3 aromatic heterocycles. The van der Waals surface area contributed by atoms with E-state index in [2.05, 4.69) is 41.3 Å². The lowest BCUT2D eigenvalue weighted by molar-refractivity contribution is 0.389. The van der Waals surface area contributed by atoms with Crippen LogP contribution < -0.4 is 0 Å². The summed E-state index contributed by atoms with van der Waals surface area (Å²) in [6.07, 6.45) is 9.11. The van der Waals surface area contributed by atoms with E-state index in [-0.39, 0.29) is 0 Å². The first-order chi connectivity index (χ1) is 10.3. The van der Waals surface area contributed by atoms with Gasteiger partial charge in [0.25, 0.3) is 0 Å². The Morgan fingerprint density at radius 1 is 1.33 bits per heavy atom. The lowest BCUT2D eigenvalue weighted by atomic mass is 10.2. The molecule has 4 rings (SSSR count). The van der Waals surface area contributed by atoms with E-state index in [0.717, 1.165) is 40.9 Å². The highest BCUT2D eigenvalue weighted by Gasteiger charge is 2.24. The Kier molecular flexibility index (Phi) is 3.03. The van der Waals surface area contributed by atoms with Crippen molar-refractivity contribution in [3.8, 4) is 11.3 Å². The van der Waals surface area contributed by atoms with Gasteiger partial charge in [-0.25, -0.2) is 14.3 Å². The zero-order valence-electron chi connectivity index (χ0n) is 11.1. The Morgan fingerprint density at radius 2 is 2.29 bits per heavy atom. The molecule has 8 heteroatoms. The topological polar surface area (TPSA) is 74.3 Å². The molecule has 21 heavy (non-hydrogen) atoms. The van der Waals surface area contributed by atoms with Crippen LogP contribution in [0.1, 0.15) is 18.3 Å². The molecule has 1 aliphatic heterocycles. The highest BCUT2D eigenvalue weighted by molar-refractivity contribution is 9.10. The van der Waals surface area contributed by atoms with Gasteiger partial charge in [-0.2, -0.15) is 5.10 Å². The van der Waals surface area contributed by atoms with Gasteiger partial charge >= 0.3 is 0 Å². The van der Waals surface area contributed by atoms with E-state index in [0.29, 0.717) is 6.04 Å². The highest BCUT2D eigenvalue weighted by atomic mass is 79.9. The molecule has 0 N–H and O–H groups in total. The molecule has 0 amide bonds. The molecule has 106 valence electrons. The van der Waals surface area contributed by atoms with Crippen molar-refractivity contribution in [3.05, 3.63) is 41.3 Å². The Balaban J connectivity index is 1.56. The third kappa shape index (κ3) is 2.35. The third-order valence-corrected chi connectivity index (χ3v) is 4.07. The summed E-state index contributed by atoms with van der Waals surface area (Å²) >= 11 is 3.41. The number of nitrogens with zero attached hydrogens (tertiary/aromatic N) is 7. The van der Waals surface area contributed by atoms with Gasteiger partial charge < -0.3 is 0 Å². The molecule has 7 nitrogen and oxygen atoms in total. The van der Waals surface area contributed by atoms with Crippen LogP contribution in [0.2, 0.25) is 0 Å². The molecule has 0 saturated heterocycles. The van der Waals surface area contributed by atoms with Gasteiger partial charge in [-0.3, -0.25) is 4.98 Å². The van der Waals surface area contributed by atoms with Crippen molar-refractivity contribution in [3.63, 3.8) is 0 Å². The second-order valence-electron chi connectivity index (χ2n) is 5.03. The fraction of sp³-hybridized carbons (Fsp3) is 0.308. The number of aromatic nitrogens is 7. The molecular weight excluding hydrogens is 334 g/mol. The molecule has 0 radical (unpaired) electrons. The van der Waals surface area contributed by atoms with Crippen LogP contribution in [-0.2, 0) is 13.0 Å². The molecular formula is C13H12BrN7. The van der Waals surface area contributed by atoms with Gasteiger partial charge in [0.1, 0.15) is 17.8 Å². The molecule has 0 aliphatic carbocycles. The van der Waals surface area contributed by atoms with Crippen molar-refractivity contribution in [2.75, 3.05) is 0 Å². The van der Waals surface area contributed by atoms with Gasteiger partial charge in [-0.05, 0) is 28.4 Å². The number of hydrogen-bond acceptors (Lipinski definition) is 5. The number of aryl methyl sites for hydroxylation is 1. The van der Waals surface area contributed by atoms with Gasteiger partial charge in [0.2, 0.25) is 0 Å². The maximum atomic E-state index is 4.28. The minimum Gasteiger partial charge on any atom is -0.263 e. The SMILES string of the molecule is Brc1cncc(-c2cn(CC3CCc4ncnn43)nn2)c1. The summed E-state index contributed by atoms with van der Waals surface area (Å²) in [6, 6.07) is 2.28. The summed E-state index contributed by atoms with van der Waals surface area (Å²) in [5.41, 5.74) is 1.77. The zero-order valence-corrected chi connectivity index (χ0v) is 12.7. The normalized spacial score (nSPS) is 17.1. The summed E-state index contributed by atoms with van der Waals surface area (Å²) < 4.78 is 4.78. The minimum absolute atomic E-state index is 0.303. The van der Waals surface area contributed by atoms with Gasteiger partial charge in [0, 0.05) is 28.9 Å². The van der Waals surface area contributed by atoms with Crippen LogP contribution in [0.15, 0.2) is 35.5 Å². The minimum atomic E-state index is 0.303. The van der Waals surface area contributed by atoms with Crippen LogP contribution in [0.5, 0.6) is 0 Å². The summed E-state index contributed by atoms with van der Waals surface area (Å²) in [7, 11) is 0. The van der Waals surface area contributed by atoms with Gasteiger partial charge in [-0.15, -0.1) is 5.10 Å². The standard InChI is InChI=1S/C13H12BrN7/c14-10-3-9(4-15-5-10)12-7-20(19-18-12)6-11-1-2-13-16-8-17-21(11)13/h3-5,7-8,11H,1-2,6H2. The van der Waals surface area contributed by atoms with Crippen molar-refractivity contribution in [1.82, 2.24) is 34.7 Å². The molecule has 0 spiro atoms. The summed E-state index contributed by atoms with van der Waals surface area (Å²) in [5.74, 6) is 1.05. The zero-order chi connectivity index (χ0) is 14.2. The second kappa shape index (κ2) is 5.03. The third-order valence-electron chi connectivity index (χ3n) is 3.63. The van der Waals surface area contributed by atoms with E-state index in [1.54, 1.807) is 18.7 Å². The lowest BCUT2D eigenvalue weighted by Crippen LogP contribution is -2.14. The highest BCUT2D eigenvalue weighted by Crippen LogP contribution is 2.25. The molecule has 0 aromatic carbocycles. The van der Waals surface area contributed by atoms with Crippen LogP contribution in [0.25, 0.3) is 11.3 Å². The summed E-state index contributed by atoms with van der Waals surface area (Å²) in [5, 5.41) is 12.7. The molecule has 1 aliphatic rings. The predicted molar refractivity (Wildman–Crippen MR) is 78.3 cm³/mol. The van der Waals surface area contributed by atoms with Gasteiger partial charge in [-0.1, -0.05) is 5.21 Å². The van der Waals surface area contributed by atoms with E-state index in [9.17, 15) is 0 Å². The van der Waals surface area contributed by atoms with Crippen LogP contribution in [-0.4, -0.2) is 34.7 Å². The molecule has 1 unspecified atom stereocenters. The first kappa shape index (κ1) is 12.6. The van der Waals surface area contributed by atoms with Crippen LogP contribution in [0.3, 0.4) is 0 Å². The quantitative estimate of drug-likeness (QED) is 0.724.